The van der Waals surface area contributed by atoms with Gasteiger partial charge in [-0.15, -0.1) is 6.58 Å². The number of hydrogen-bond acceptors (Lipinski definition) is 1. The third kappa shape index (κ3) is 2.48. The monoisotopic (exact) mass is 173 g/mol. The van der Waals surface area contributed by atoms with Gasteiger partial charge in [0.25, 0.3) is 0 Å². The number of allylic oxidation sites excluding steroid dienone is 1. The predicted molar refractivity (Wildman–Crippen MR) is 59.8 cm³/mol. The van der Waals surface area contributed by atoms with Crippen LogP contribution in [0.15, 0.2) is 43.5 Å². The quantitative estimate of drug-likeness (QED) is 0.689. The molecule has 0 radical (unpaired) electrons. The molecule has 1 nitrogen and oxygen atoms in total. The van der Waals surface area contributed by atoms with Crippen LogP contribution in [0, 0.1) is 0 Å². The Bertz CT molecular complexity index is 313. The first-order chi connectivity index (χ1) is 6.25. The first-order valence-corrected chi connectivity index (χ1v) is 4.35. The minimum Gasteiger partial charge on any atom is -0.381 e. The van der Waals surface area contributed by atoms with Gasteiger partial charge in [-0.2, -0.15) is 0 Å². The van der Waals surface area contributed by atoms with Crippen LogP contribution in [0.25, 0.3) is 5.57 Å². The van der Waals surface area contributed by atoms with E-state index in [9.17, 15) is 0 Å². The molecule has 0 amide bonds. The van der Waals surface area contributed by atoms with Crippen LogP contribution < -0.4 is 5.32 Å². The molecule has 68 valence electrons. The molecule has 0 heterocycles. The summed E-state index contributed by atoms with van der Waals surface area (Å²) < 4.78 is 0. The van der Waals surface area contributed by atoms with Crippen molar-refractivity contribution in [3.05, 3.63) is 49.1 Å². The minimum absolute atomic E-state index is 0.782. The maximum absolute atomic E-state index is 3.93. The zero-order chi connectivity index (χ0) is 9.68. The second-order valence-electron chi connectivity index (χ2n) is 3.00. The third-order valence-electron chi connectivity index (χ3n) is 1.82. The number of para-hydroxylation sites is 1. The first-order valence-electron chi connectivity index (χ1n) is 4.35. The minimum atomic E-state index is 0.782. The van der Waals surface area contributed by atoms with E-state index in [1.165, 1.54) is 5.56 Å². The molecule has 0 fully saturated rings. The van der Waals surface area contributed by atoms with Crippen molar-refractivity contribution < 1.29 is 0 Å². The van der Waals surface area contributed by atoms with Crippen molar-refractivity contribution in [1.29, 1.82) is 0 Å². The molecular weight excluding hydrogens is 158 g/mol. The summed E-state index contributed by atoms with van der Waals surface area (Å²) in [4.78, 5) is 0. The van der Waals surface area contributed by atoms with E-state index < -0.39 is 0 Å². The Balaban J connectivity index is 2.90. The van der Waals surface area contributed by atoms with Crippen molar-refractivity contribution in [2.45, 2.75) is 6.92 Å². The lowest BCUT2D eigenvalue weighted by atomic mass is 10.1. The molecule has 1 aromatic carbocycles. The summed E-state index contributed by atoms with van der Waals surface area (Å²) in [6, 6.07) is 8.14. The lowest BCUT2D eigenvalue weighted by Crippen LogP contribution is -2.00. The molecule has 1 heteroatoms. The van der Waals surface area contributed by atoms with Gasteiger partial charge >= 0.3 is 0 Å². The van der Waals surface area contributed by atoms with E-state index in [0.717, 1.165) is 17.8 Å². The number of anilines is 1. The molecule has 0 aliphatic heterocycles. The topological polar surface area (TPSA) is 12.0 Å². The van der Waals surface area contributed by atoms with E-state index in [0.29, 0.717) is 0 Å². The van der Waals surface area contributed by atoms with Gasteiger partial charge in [-0.3, -0.25) is 0 Å². The highest BCUT2D eigenvalue weighted by molar-refractivity contribution is 5.73. The van der Waals surface area contributed by atoms with Gasteiger partial charge in [0.2, 0.25) is 0 Å². The van der Waals surface area contributed by atoms with Crippen LogP contribution in [0.2, 0.25) is 0 Å². The van der Waals surface area contributed by atoms with Crippen LogP contribution in [0.3, 0.4) is 0 Å². The normalized spacial score (nSPS) is 9.31. The second-order valence-corrected chi connectivity index (χ2v) is 3.00. The SMILES string of the molecule is C=CCNc1ccccc1C(=C)C. The second kappa shape index (κ2) is 4.51. The highest BCUT2D eigenvalue weighted by Gasteiger charge is 1.99. The molecule has 1 rings (SSSR count). The summed E-state index contributed by atoms with van der Waals surface area (Å²) in [5, 5.41) is 3.27. The number of hydrogen-bond donors (Lipinski definition) is 1. The van der Waals surface area contributed by atoms with Crippen LogP contribution in [-0.2, 0) is 0 Å². The van der Waals surface area contributed by atoms with Gasteiger partial charge in [0.05, 0.1) is 0 Å². The Morgan fingerprint density at radius 3 is 2.77 bits per heavy atom. The van der Waals surface area contributed by atoms with Gasteiger partial charge in [0.15, 0.2) is 0 Å². The fraction of sp³-hybridized carbons (Fsp3) is 0.167. The molecule has 1 aromatic rings. The maximum atomic E-state index is 3.93. The highest BCUT2D eigenvalue weighted by Crippen LogP contribution is 2.21. The largest absolute Gasteiger partial charge is 0.381 e. The number of nitrogens with one attached hydrogen (secondary N) is 1. The van der Waals surface area contributed by atoms with Crippen molar-refractivity contribution in [2.24, 2.45) is 0 Å². The fourth-order valence-electron chi connectivity index (χ4n) is 1.19. The smallest absolute Gasteiger partial charge is 0.0418 e. The summed E-state index contributed by atoms with van der Waals surface area (Å²) in [5.74, 6) is 0. The molecule has 0 saturated heterocycles. The molecule has 0 aliphatic rings. The molecule has 13 heavy (non-hydrogen) atoms. The van der Waals surface area contributed by atoms with Gasteiger partial charge in [-0.05, 0) is 24.1 Å². The van der Waals surface area contributed by atoms with E-state index in [1.54, 1.807) is 0 Å². The summed E-state index contributed by atoms with van der Waals surface area (Å²) in [5.41, 5.74) is 3.37. The van der Waals surface area contributed by atoms with E-state index in [4.69, 9.17) is 0 Å². The predicted octanol–water partition coefficient (Wildman–Crippen LogP) is 3.32. The first kappa shape index (κ1) is 9.59. The molecule has 0 aliphatic carbocycles. The summed E-state index contributed by atoms with van der Waals surface area (Å²) >= 11 is 0. The van der Waals surface area contributed by atoms with Crippen LogP contribution in [0.1, 0.15) is 12.5 Å². The third-order valence-corrected chi connectivity index (χ3v) is 1.82. The fourth-order valence-corrected chi connectivity index (χ4v) is 1.19. The molecule has 1 N–H and O–H groups in total. The van der Waals surface area contributed by atoms with Crippen molar-refractivity contribution in [1.82, 2.24) is 0 Å². The zero-order valence-corrected chi connectivity index (χ0v) is 8.01. The van der Waals surface area contributed by atoms with Crippen molar-refractivity contribution in [2.75, 3.05) is 11.9 Å². The Kier molecular flexibility index (Phi) is 3.32. The average Bonchev–Trinajstić information content (AvgIpc) is 2.15. The lowest BCUT2D eigenvalue weighted by Gasteiger charge is -2.09. The number of benzene rings is 1. The standard InChI is InChI=1S/C12H15N/c1-4-9-13-12-8-6-5-7-11(12)10(2)3/h4-8,13H,1-2,9H2,3H3. The summed E-state index contributed by atoms with van der Waals surface area (Å²) in [7, 11) is 0. The average molecular weight is 173 g/mol. The molecule has 0 aromatic heterocycles. The summed E-state index contributed by atoms with van der Waals surface area (Å²) in [6.07, 6.45) is 1.84. The van der Waals surface area contributed by atoms with Gasteiger partial charge in [-0.1, -0.05) is 30.9 Å². The van der Waals surface area contributed by atoms with Gasteiger partial charge in [0, 0.05) is 12.2 Å². The van der Waals surface area contributed by atoms with Gasteiger partial charge < -0.3 is 5.32 Å². The van der Waals surface area contributed by atoms with Crippen LogP contribution >= 0.6 is 0 Å². The molecule has 0 spiro atoms. The number of rotatable bonds is 4. The van der Waals surface area contributed by atoms with Gasteiger partial charge in [0.1, 0.15) is 0 Å². The molecule has 0 saturated carbocycles. The van der Waals surface area contributed by atoms with Crippen LogP contribution in [0.5, 0.6) is 0 Å². The Morgan fingerprint density at radius 2 is 2.15 bits per heavy atom. The van der Waals surface area contributed by atoms with Crippen molar-refractivity contribution >= 4 is 11.3 Å². The van der Waals surface area contributed by atoms with E-state index in [-0.39, 0.29) is 0 Å². The Labute approximate surface area is 79.8 Å². The van der Waals surface area contributed by atoms with Gasteiger partial charge in [-0.25, -0.2) is 0 Å². The lowest BCUT2D eigenvalue weighted by molar-refractivity contribution is 1.33. The molecule has 0 atom stereocenters. The molecule has 0 unspecified atom stereocenters. The maximum Gasteiger partial charge on any atom is 0.0418 e. The van der Waals surface area contributed by atoms with E-state index >= 15 is 0 Å². The van der Waals surface area contributed by atoms with Crippen molar-refractivity contribution in [3.8, 4) is 0 Å². The highest BCUT2D eigenvalue weighted by atomic mass is 14.9. The molecule has 0 bridgehead atoms. The van der Waals surface area contributed by atoms with E-state index in [2.05, 4.69) is 24.5 Å². The summed E-state index contributed by atoms with van der Waals surface area (Å²) in [6.45, 7) is 10.4. The zero-order valence-electron chi connectivity index (χ0n) is 8.01. The Morgan fingerprint density at radius 1 is 1.46 bits per heavy atom. The Hall–Kier alpha value is -1.50. The van der Waals surface area contributed by atoms with Crippen molar-refractivity contribution in [3.63, 3.8) is 0 Å². The van der Waals surface area contributed by atoms with Crippen LogP contribution in [0.4, 0.5) is 5.69 Å². The van der Waals surface area contributed by atoms with Crippen LogP contribution in [-0.4, -0.2) is 6.54 Å². The molecular formula is C12H15N. The van der Waals surface area contributed by atoms with E-state index in [1.807, 2.05) is 31.2 Å².